The largest absolute Gasteiger partial charge is 0.478 e. The van der Waals surface area contributed by atoms with Gasteiger partial charge in [-0.1, -0.05) is 29.3 Å². The Morgan fingerprint density at radius 1 is 1.00 bits per heavy atom. The molecule has 0 radical (unpaired) electrons. The molecular formula is C17H9Cl2NO3. The summed E-state index contributed by atoms with van der Waals surface area (Å²) in [6.07, 6.45) is 0. The summed E-state index contributed by atoms with van der Waals surface area (Å²) in [7, 11) is 0. The van der Waals surface area contributed by atoms with Gasteiger partial charge in [0.05, 0.1) is 27.0 Å². The summed E-state index contributed by atoms with van der Waals surface area (Å²) >= 11 is 12.1. The molecule has 3 aromatic carbocycles. The fourth-order valence-electron chi connectivity index (χ4n) is 2.63. The number of benzene rings is 3. The molecule has 3 aromatic rings. The number of anilines is 2. The Bertz CT molecular complexity index is 985. The van der Waals surface area contributed by atoms with Crippen molar-refractivity contribution in [3.05, 3.63) is 58.1 Å². The van der Waals surface area contributed by atoms with Gasteiger partial charge in [0, 0.05) is 0 Å². The number of fused-ring (bicyclic) bond motifs is 3. The standard InChI is InChI=1S/C17H9Cl2NO3/c18-11-4-8-6-13-15(7-9(8)5-12(11)19)23-14-3-1-2-10(17(21)22)16(14)20-13/h1-7,20H,(H,21,22). The topological polar surface area (TPSA) is 58.6 Å². The monoisotopic (exact) mass is 345 g/mol. The van der Waals surface area contributed by atoms with E-state index in [2.05, 4.69) is 5.32 Å². The minimum Gasteiger partial charge on any atom is -0.478 e. The second-order valence-electron chi connectivity index (χ2n) is 5.17. The average Bonchev–Trinajstić information content (AvgIpc) is 2.51. The van der Waals surface area contributed by atoms with Crippen LogP contribution in [0.4, 0.5) is 11.4 Å². The van der Waals surface area contributed by atoms with Crippen molar-refractivity contribution in [1.29, 1.82) is 0 Å². The molecule has 23 heavy (non-hydrogen) atoms. The molecule has 0 spiro atoms. The van der Waals surface area contributed by atoms with E-state index in [0.717, 1.165) is 10.8 Å². The number of hydrogen-bond donors (Lipinski definition) is 2. The molecule has 4 rings (SSSR count). The van der Waals surface area contributed by atoms with Gasteiger partial charge in [-0.15, -0.1) is 0 Å². The van der Waals surface area contributed by atoms with Gasteiger partial charge in [0.25, 0.3) is 0 Å². The van der Waals surface area contributed by atoms with Crippen molar-refractivity contribution >= 4 is 51.3 Å². The van der Waals surface area contributed by atoms with E-state index in [1.54, 1.807) is 24.3 Å². The molecule has 4 nitrogen and oxygen atoms in total. The van der Waals surface area contributed by atoms with Crippen LogP contribution in [0.5, 0.6) is 11.5 Å². The summed E-state index contributed by atoms with van der Waals surface area (Å²) in [6, 6.07) is 12.1. The second kappa shape index (κ2) is 5.05. The van der Waals surface area contributed by atoms with E-state index >= 15 is 0 Å². The average molecular weight is 346 g/mol. The summed E-state index contributed by atoms with van der Waals surface area (Å²) in [4.78, 5) is 11.4. The van der Waals surface area contributed by atoms with Crippen molar-refractivity contribution in [1.82, 2.24) is 0 Å². The highest BCUT2D eigenvalue weighted by atomic mass is 35.5. The second-order valence-corrected chi connectivity index (χ2v) is 5.99. The molecule has 0 unspecified atom stereocenters. The summed E-state index contributed by atoms with van der Waals surface area (Å²) in [5.74, 6) is 0.0553. The first-order chi connectivity index (χ1) is 11.0. The van der Waals surface area contributed by atoms with Gasteiger partial charge < -0.3 is 15.2 Å². The van der Waals surface area contributed by atoms with Gasteiger partial charge in [-0.25, -0.2) is 4.79 Å². The molecule has 0 aromatic heterocycles. The predicted molar refractivity (Wildman–Crippen MR) is 90.7 cm³/mol. The molecule has 0 aliphatic carbocycles. The fourth-order valence-corrected chi connectivity index (χ4v) is 2.98. The van der Waals surface area contributed by atoms with Crippen LogP contribution in [0.1, 0.15) is 10.4 Å². The number of rotatable bonds is 1. The van der Waals surface area contributed by atoms with Crippen molar-refractivity contribution < 1.29 is 14.6 Å². The molecule has 1 aliphatic rings. The molecule has 0 saturated heterocycles. The number of ether oxygens (including phenoxy) is 1. The third kappa shape index (κ3) is 2.27. The third-order valence-electron chi connectivity index (χ3n) is 3.71. The summed E-state index contributed by atoms with van der Waals surface area (Å²) < 4.78 is 5.84. The first-order valence-corrected chi connectivity index (χ1v) is 7.52. The highest BCUT2D eigenvalue weighted by Gasteiger charge is 2.22. The van der Waals surface area contributed by atoms with E-state index < -0.39 is 5.97 Å². The van der Waals surface area contributed by atoms with Crippen LogP contribution in [0.15, 0.2) is 42.5 Å². The van der Waals surface area contributed by atoms with Gasteiger partial charge in [-0.05, 0) is 47.2 Å². The fraction of sp³-hybridized carbons (Fsp3) is 0. The molecule has 0 bridgehead atoms. The van der Waals surface area contributed by atoms with E-state index in [0.29, 0.717) is 32.9 Å². The van der Waals surface area contributed by atoms with Crippen molar-refractivity contribution in [3.8, 4) is 11.5 Å². The molecule has 0 fully saturated rings. The lowest BCUT2D eigenvalue weighted by atomic mass is 10.1. The predicted octanol–water partition coefficient (Wildman–Crippen LogP) is 5.69. The number of nitrogens with one attached hydrogen (secondary N) is 1. The lowest BCUT2D eigenvalue weighted by molar-refractivity contribution is 0.0697. The van der Waals surface area contributed by atoms with Crippen LogP contribution in [0.25, 0.3) is 10.8 Å². The molecule has 6 heteroatoms. The number of carboxylic acid groups (broad SMARTS) is 1. The maximum absolute atomic E-state index is 11.4. The van der Waals surface area contributed by atoms with Crippen LogP contribution in [-0.4, -0.2) is 11.1 Å². The van der Waals surface area contributed by atoms with Crippen LogP contribution in [0.2, 0.25) is 10.0 Å². The molecule has 1 heterocycles. The zero-order valence-electron chi connectivity index (χ0n) is 11.6. The van der Waals surface area contributed by atoms with Crippen LogP contribution in [-0.2, 0) is 0 Å². The number of para-hydroxylation sites is 1. The smallest absolute Gasteiger partial charge is 0.337 e. The highest BCUT2D eigenvalue weighted by molar-refractivity contribution is 6.42. The van der Waals surface area contributed by atoms with Crippen molar-refractivity contribution in [2.75, 3.05) is 5.32 Å². The zero-order valence-corrected chi connectivity index (χ0v) is 13.1. The molecule has 1 aliphatic heterocycles. The summed E-state index contributed by atoms with van der Waals surface area (Å²) in [6.45, 7) is 0. The lowest BCUT2D eigenvalue weighted by Gasteiger charge is -2.23. The maximum Gasteiger partial charge on any atom is 0.337 e. The molecule has 0 saturated carbocycles. The maximum atomic E-state index is 11.4. The first kappa shape index (κ1) is 14.2. The van der Waals surface area contributed by atoms with Crippen molar-refractivity contribution in [2.24, 2.45) is 0 Å². The van der Waals surface area contributed by atoms with Crippen LogP contribution in [0, 0.1) is 0 Å². The van der Waals surface area contributed by atoms with Gasteiger partial charge >= 0.3 is 5.97 Å². The van der Waals surface area contributed by atoms with Crippen molar-refractivity contribution in [2.45, 2.75) is 0 Å². The van der Waals surface area contributed by atoms with E-state index in [1.807, 2.05) is 12.1 Å². The van der Waals surface area contributed by atoms with E-state index in [4.69, 9.17) is 27.9 Å². The van der Waals surface area contributed by atoms with Crippen molar-refractivity contribution in [3.63, 3.8) is 0 Å². The Balaban J connectivity index is 1.90. The van der Waals surface area contributed by atoms with E-state index in [1.165, 1.54) is 6.07 Å². The Kier molecular flexibility index (Phi) is 3.11. The van der Waals surface area contributed by atoms with Gasteiger partial charge in [0.2, 0.25) is 0 Å². The van der Waals surface area contributed by atoms with Gasteiger partial charge in [0.1, 0.15) is 0 Å². The molecule has 2 N–H and O–H groups in total. The van der Waals surface area contributed by atoms with Crippen LogP contribution >= 0.6 is 23.2 Å². The minimum absolute atomic E-state index is 0.155. The number of carbonyl (C=O) groups is 1. The Morgan fingerprint density at radius 2 is 1.70 bits per heavy atom. The minimum atomic E-state index is -1.02. The normalized spacial score (nSPS) is 12.1. The third-order valence-corrected chi connectivity index (χ3v) is 4.44. The number of halogens is 2. The lowest BCUT2D eigenvalue weighted by Crippen LogP contribution is -2.08. The Labute approximate surface area is 141 Å². The Hall–Kier alpha value is -2.43. The van der Waals surface area contributed by atoms with Crippen LogP contribution in [0.3, 0.4) is 0 Å². The van der Waals surface area contributed by atoms with E-state index in [-0.39, 0.29) is 5.56 Å². The first-order valence-electron chi connectivity index (χ1n) is 6.77. The number of carboxylic acids is 1. The number of aromatic carboxylic acids is 1. The van der Waals surface area contributed by atoms with Crippen LogP contribution < -0.4 is 10.1 Å². The van der Waals surface area contributed by atoms with Gasteiger partial charge in [-0.2, -0.15) is 0 Å². The molecule has 0 amide bonds. The number of hydrogen-bond acceptors (Lipinski definition) is 3. The quantitative estimate of drug-likeness (QED) is 0.465. The molecule has 0 atom stereocenters. The Morgan fingerprint density at radius 3 is 2.39 bits per heavy atom. The molecular weight excluding hydrogens is 337 g/mol. The SMILES string of the molecule is O=C(O)c1cccc2c1Nc1cc3cc(Cl)c(Cl)cc3cc1O2. The van der Waals surface area contributed by atoms with E-state index in [9.17, 15) is 9.90 Å². The molecule has 114 valence electrons. The zero-order chi connectivity index (χ0) is 16.1. The summed E-state index contributed by atoms with van der Waals surface area (Å²) in [5.41, 5.74) is 1.27. The highest BCUT2D eigenvalue weighted by Crippen LogP contribution is 2.45. The van der Waals surface area contributed by atoms with Gasteiger partial charge in [-0.3, -0.25) is 0 Å². The van der Waals surface area contributed by atoms with Gasteiger partial charge in [0.15, 0.2) is 11.5 Å². The summed E-state index contributed by atoms with van der Waals surface area (Å²) in [5, 5.41) is 15.1.